The van der Waals surface area contributed by atoms with Crippen molar-refractivity contribution in [1.82, 2.24) is 9.80 Å². The van der Waals surface area contributed by atoms with Gasteiger partial charge in [0, 0.05) is 44.7 Å². The smallest absolute Gasteiger partial charge is 0.162 e. The summed E-state index contributed by atoms with van der Waals surface area (Å²) in [6, 6.07) is 11.6. The van der Waals surface area contributed by atoms with E-state index in [0.29, 0.717) is 23.6 Å². The second kappa shape index (κ2) is 13.9. The number of aryl methyl sites for hydroxylation is 1. The lowest BCUT2D eigenvalue weighted by Crippen LogP contribution is -2.47. The van der Waals surface area contributed by atoms with Gasteiger partial charge < -0.3 is 9.64 Å². The quantitative estimate of drug-likeness (QED) is 0.446. The molecule has 0 radical (unpaired) electrons. The van der Waals surface area contributed by atoms with E-state index in [2.05, 4.69) is 9.80 Å². The molecule has 0 atom stereocenters. The molecular formula is C23H30Cl3FN2O2. The number of ketones is 1. The minimum Gasteiger partial charge on any atom is -0.491 e. The molecule has 0 aliphatic carbocycles. The van der Waals surface area contributed by atoms with E-state index in [0.717, 1.165) is 57.0 Å². The highest BCUT2D eigenvalue weighted by Gasteiger charge is 2.17. The van der Waals surface area contributed by atoms with E-state index in [1.807, 2.05) is 25.1 Å². The number of halogens is 4. The van der Waals surface area contributed by atoms with Crippen LogP contribution in [0.1, 0.15) is 28.8 Å². The van der Waals surface area contributed by atoms with Crippen LogP contribution < -0.4 is 4.74 Å². The number of hydrogen-bond donors (Lipinski definition) is 0. The standard InChI is InChI=1S/C23H28ClFN2O2.2ClH/c1-18-4-9-21(24)23(17-18)29-16-15-27-13-11-26(12-14-27)10-2-3-22(28)19-5-7-20(25)8-6-19;;/h4-9,17H,2-3,10-16H2,1H3;2*1H. The zero-order valence-corrected chi connectivity index (χ0v) is 20.1. The van der Waals surface area contributed by atoms with Crippen LogP contribution in [-0.4, -0.2) is 61.5 Å². The number of ether oxygens (including phenoxy) is 1. The molecule has 2 aromatic rings. The first-order valence-corrected chi connectivity index (χ1v) is 10.5. The van der Waals surface area contributed by atoms with Gasteiger partial charge in [0.1, 0.15) is 18.2 Å². The number of hydrogen-bond acceptors (Lipinski definition) is 4. The van der Waals surface area contributed by atoms with E-state index in [4.69, 9.17) is 16.3 Å². The molecule has 0 bridgehead atoms. The summed E-state index contributed by atoms with van der Waals surface area (Å²) in [6.45, 7) is 8.42. The van der Waals surface area contributed by atoms with Crippen LogP contribution in [0.15, 0.2) is 42.5 Å². The lowest BCUT2D eigenvalue weighted by Gasteiger charge is -2.34. The fourth-order valence-electron chi connectivity index (χ4n) is 3.49. The van der Waals surface area contributed by atoms with Gasteiger partial charge in [0.05, 0.1) is 5.02 Å². The molecule has 0 aromatic heterocycles. The van der Waals surface area contributed by atoms with Crippen LogP contribution in [0, 0.1) is 12.7 Å². The Morgan fingerprint density at radius 3 is 2.26 bits per heavy atom. The summed E-state index contributed by atoms with van der Waals surface area (Å²) in [7, 11) is 0. The van der Waals surface area contributed by atoms with E-state index < -0.39 is 0 Å². The highest BCUT2D eigenvalue weighted by atomic mass is 35.5. The lowest BCUT2D eigenvalue weighted by molar-refractivity contribution is 0.0953. The number of nitrogens with zero attached hydrogens (tertiary/aromatic N) is 2. The summed E-state index contributed by atoms with van der Waals surface area (Å²) in [5.41, 5.74) is 1.72. The number of Topliss-reactive ketones (excluding diaryl/α,β-unsaturated/α-hetero) is 1. The zero-order valence-electron chi connectivity index (χ0n) is 17.7. The Kier molecular flexibility index (Phi) is 12.4. The third kappa shape index (κ3) is 8.95. The van der Waals surface area contributed by atoms with Gasteiger partial charge in [0.15, 0.2) is 5.78 Å². The first-order chi connectivity index (χ1) is 14.0. The van der Waals surface area contributed by atoms with Crippen LogP contribution in [0.3, 0.4) is 0 Å². The summed E-state index contributed by atoms with van der Waals surface area (Å²) < 4.78 is 18.8. The topological polar surface area (TPSA) is 32.8 Å². The van der Waals surface area contributed by atoms with Crippen molar-refractivity contribution in [1.29, 1.82) is 0 Å². The molecule has 0 saturated carbocycles. The highest BCUT2D eigenvalue weighted by molar-refractivity contribution is 6.32. The molecule has 1 fully saturated rings. The molecular weight excluding hydrogens is 462 g/mol. The molecule has 0 amide bonds. The van der Waals surface area contributed by atoms with Crippen molar-refractivity contribution >= 4 is 42.2 Å². The van der Waals surface area contributed by atoms with Crippen molar-refractivity contribution in [3.05, 3.63) is 64.4 Å². The SMILES string of the molecule is Cc1ccc(Cl)c(OCCN2CCN(CCCC(=O)c3ccc(F)cc3)CC2)c1.Cl.Cl. The number of piperazine rings is 1. The largest absolute Gasteiger partial charge is 0.491 e. The molecule has 0 unspecified atom stereocenters. The van der Waals surface area contributed by atoms with Crippen LogP contribution in [0.5, 0.6) is 5.75 Å². The average Bonchev–Trinajstić information content (AvgIpc) is 2.72. The van der Waals surface area contributed by atoms with Crippen LogP contribution in [0.2, 0.25) is 5.02 Å². The molecule has 2 aromatic carbocycles. The van der Waals surface area contributed by atoms with Gasteiger partial charge in [-0.3, -0.25) is 9.69 Å². The van der Waals surface area contributed by atoms with E-state index in [1.54, 1.807) is 12.1 Å². The molecule has 1 heterocycles. The van der Waals surface area contributed by atoms with Crippen molar-refractivity contribution in [3.63, 3.8) is 0 Å². The Morgan fingerprint density at radius 1 is 1.00 bits per heavy atom. The molecule has 1 aliphatic heterocycles. The summed E-state index contributed by atoms with van der Waals surface area (Å²) in [4.78, 5) is 16.9. The summed E-state index contributed by atoms with van der Waals surface area (Å²) in [5, 5.41) is 0.649. The zero-order chi connectivity index (χ0) is 20.6. The van der Waals surface area contributed by atoms with E-state index in [1.165, 1.54) is 12.1 Å². The maximum absolute atomic E-state index is 12.9. The van der Waals surface area contributed by atoms with Crippen LogP contribution in [-0.2, 0) is 0 Å². The summed E-state index contributed by atoms with van der Waals surface area (Å²) in [6.07, 6.45) is 1.32. The van der Waals surface area contributed by atoms with Crippen molar-refractivity contribution < 1.29 is 13.9 Å². The van der Waals surface area contributed by atoms with Gasteiger partial charge in [0.25, 0.3) is 0 Å². The van der Waals surface area contributed by atoms with Crippen molar-refractivity contribution in [2.24, 2.45) is 0 Å². The van der Waals surface area contributed by atoms with Gasteiger partial charge >= 0.3 is 0 Å². The molecule has 3 rings (SSSR count). The summed E-state index contributed by atoms with van der Waals surface area (Å²) >= 11 is 6.17. The Morgan fingerprint density at radius 2 is 1.61 bits per heavy atom. The fourth-order valence-corrected chi connectivity index (χ4v) is 3.66. The summed E-state index contributed by atoms with van der Waals surface area (Å²) in [5.74, 6) is 0.513. The first-order valence-electron chi connectivity index (χ1n) is 10.1. The Balaban J connectivity index is 0.00000240. The van der Waals surface area contributed by atoms with E-state index in [-0.39, 0.29) is 36.4 Å². The third-order valence-electron chi connectivity index (χ3n) is 5.26. The third-order valence-corrected chi connectivity index (χ3v) is 5.57. The monoisotopic (exact) mass is 490 g/mol. The van der Waals surface area contributed by atoms with Crippen molar-refractivity contribution in [2.75, 3.05) is 45.9 Å². The van der Waals surface area contributed by atoms with Gasteiger partial charge in [-0.05, 0) is 61.9 Å². The minimum absolute atomic E-state index is 0. The molecule has 0 spiro atoms. The van der Waals surface area contributed by atoms with Gasteiger partial charge in [-0.1, -0.05) is 17.7 Å². The number of carbonyl (C=O) groups excluding carboxylic acids is 1. The normalized spacial score (nSPS) is 14.4. The molecule has 1 aliphatic rings. The second-order valence-corrected chi connectivity index (χ2v) is 7.91. The van der Waals surface area contributed by atoms with Gasteiger partial charge in [0.2, 0.25) is 0 Å². The maximum Gasteiger partial charge on any atom is 0.162 e. The van der Waals surface area contributed by atoms with Gasteiger partial charge in [-0.15, -0.1) is 24.8 Å². The number of carbonyl (C=O) groups is 1. The molecule has 31 heavy (non-hydrogen) atoms. The molecule has 4 nitrogen and oxygen atoms in total. The van der Waals surface area contributed by atoms with Crippen molar-refractivity contribution in [2.45, 2.75) is 19.8 Å². The molecule has 0 N–H and O–H groups in total. The maximum atomic E-state index is 12.9. The average molecular weight is 492 g/mol. The Bertz CT molecular complexity index is 813. The van der Waals surface area contributed by atoms with E-state index >= 15 is 0 Å². The molecule has 8 heteroatoms. The van der Waals surface area contributed by atoms with Gasteiger partial charge in [-0.25, -0.2) is 4.39 Å². The Hall–Kier alpha value is -1.37. The van der Waals surface area contributed by atoms with Crippen LogP contribution in [0.4, 0.5) is 4.39 Å². The molecule has 172 valence electrons. The Labute approximate surface area is 201 Å². The predicted octanol–water partition coefficient (Wildman–Crippen LogP) is 5.29. The molecule has 1 saturated heterocycles. The van der Waals surface area contributed by atoms with Gasteiger partial charge in [-0.2, -0.15) is 0 Å². The highest BCUT2D eigenvalue weighted by Crippen LogP contribution is 2.25. The van der Waals surface area contributed by atoms with E-state index in [9.17, 15) is 9.18 Å². The minimum atomic E-state index is -0.313. The number of benzene rings is 2. The number of rotatable bonds is 9. The lowest BCUT2D eigenvalue weighted by atomic mass is 10.1. The first kappa shape index (κ1) is 27.7. The van der Waals surface area contributed by atoms with Crippen molar-refractivity contribution in [3.8, 4) is 5.75 Å². The van der Waals surface area contributed by atoms with Crippen LogP contribution >= 0.6 is 36.4 Å². The fraction of sp³-hybridized carbons (Fsp3) is 0.435. The second-order valence-electron chi connectivity index (χ2n) is 7.50. The van der Waals surface area contributed by atoms with Crippen LogP contribution in [0.25, 0.3) is 0 Å². The predicted molar refractivity (Wildman–Crippen MR) is 129 cm³/mol.